The number of hydrogen-bond acceptors (Lipinski definition) is 3. The minimum absolute atomic E-state index is 0.0849. The summed E-state index contributed by atoms with van der Waals surface area (Å²) in [4.78, 5) is 21.6. The fourth-order valence-corrected chi connectivity index (χ4v) is 5.77. The van der Waals surface area contributed by atoms with Crippen LogP contribution in [0.4, 0.5) is 5.69 Å². The normalized spacial score (nSPS) is 14.3. The van der Waals surface area contributed by atoms with Gasteiger partial charge in [0, 0.05) is 61.3 Å². The van der Waals surface area contributed by atoms with Gasteiger partial charge in [-0.3, -0.25) is 4.79 Å². The Labute approximate surface area is 236 Å². The minimum atomic E-state index is -0.0849. The maximum absolute atomic E-state index is 13.8. The van der Waals surface area contributed by atoms with Gasteiger partial charge in [0.15, 0.2) is 0 Å². The number of rotatable bonds is 8. The molecule has 5 aromatic rings. The number of aryl methyl sites for hydroxylation is 1. The number of carbonyl (C=O) groups is 1. The molecule has 1 aromatic heterocycles. The van der Waals surface area contributed by atoms with Crippen molar-refractivity contribution in [3.63, 3.8) is 0 Å². The second-order valence-corrected chi connectivity index (χ2v) is 10.5. The summed E-state index contributed by atoms with van der Waals surface area (Å²) in [5.41, 5.74) is 6.97. The fraction of sp³-hybridized carbons (Fsp3) is 0.229. The summed E-state index contributed by atoms with van der Waals surface area (Å²) >= 11 is 0. The number of hydrogen-bond donors (Lipinski definition) is 1. The smallest absolute Gasteiger partial charge is 0.223 e. The number of nitrogens with one attached hydrogen (secondary N) is 1. The lowest BCUT2D eigenvalue weighted by atomic mass is 9.87. The highest BCUT2D eigenvalue weighted by Crippen LogP contribution is 2.35. The maximum Gasteiger partial charge on any atom is 0.223 e. The van der Waals surface area contributed by atoms with Crippen LogP contribution in [-0.2, 0) is 11.4 Å². The standard InChI is InChI=1S/C35H35N3O2/c1-26-10-5-8-17-34(26)37-18-20-38(21-19-37)35(39)23-31(32-24-36-33-16-7-6-15-30(32)33)28-13-9-14-29(22-28)40-25-27-11-3-2-4-12-27/h2-17,22,24,31,36H,18-21,23,25H2,1H3/t31-/m1/s1. The van der Waals surface area contributed by atoms with Gasteiger partial charge in [-0.05, 0) is 53.4 Å². The monoisotopic (exact) mass is 529 g/mol. The number of amides is 1. The van der Waals surface area contributed by atoms with E-state index in [1.165, 1.54) is 11.3 Å². The van der Waals surface area contributed by atoms with Crippen LogP contribution < -0.4 is 9.64 Å². The number of anilines is 1. The van der Waals surface area contributed by atoms with Gasteiger partial charge in [0.2, 0.25) is 5.91 Å². The van der Waals surface area contributed by atoms with Crippen LogP contribution in [0, 0.1) is 6.92 Å². The number of carbonyl (C=O) groups excluding carboxylic acids is 1. The van der Waals surface area contributed by atoms with Crippen LogP contribution in [-0.4, -0.2) is 42.0 Å². The Morgan fingerprint density at radius 2 is 1.60 bits per heavy atom. The average molecular weight is 530 g/mol. The molecule has 0 unspecified atom stereocenters. The van der Waals surface area contributed by atoms with Crippen molar-refractivity contribution in [2.75, 3.05) is 31.1 Å². The first kappa shape index (κ1) is 25.8. The molecule has 1 aliphatic rings. The zero-order valence-corrected chi connectivity index (χ0v) is 22.9. The molecule has 0 radical (unpaired) electrons. The predicted molar refractivity (Wildman–Crippen MR) is 162 cm³/mol. The van der Waals surface area contributed by atoms with Crippen molar-refractivity contribution < 1.29 is 9.53 Å². The van der Waals surface area contributed by atoms with Gasteiger partial charge in [0.05, 0.1) is 0 Å². The maximum atomic E-state index is 13.8. The summed E-state index contributed by atoms with van der Waals surface area (Å²) in [7, 11) is 0. The third kappa shape index (κ3) is 5.59. The summed E-state index contributed by atoms with van der Waals surface area (Å²) in [5, 5.41) is 1.15. The van der Waals surface area contributed by atoms with Gasteiger partial charge >= 0.3 is 0 Å². The molecule has 0 spiro atoms. The Hall–Kier alpha value is -4.51. The van der Waals surface area contributed by atoms with Crippen molar-refractivity contribution in [1.82, 2.24) is 9.88 Å². The second-order valence-electron chi connectivity index (χ2n) is 10.5. The van der Waals surface area contributed by atoms with E-state index in [0.717, 1.165) is 59.5 Å². The van der Waals surface area contributed by atoms with Gasteiger partial charge in [-0.25, -0.2) is 0 Å². The summed E-state index contributed by atoms with van der Waals surface area (Å²) < 4.78 is 6.16. The predicted octanol–water partition coefficient (Wildman–Crippen LogP) is 6.93. The Morgan fingerprint density at radius 1 is 0.850 bits per heavy atom. The van der Waals surface area contributed by atoms with Crippen LogP contribution in [0.1, 0.15) is 34.6 Å². The molecule has 1 N–H and O–H groups in total. The van der Waals surface area contributed by atoms with E-state index in [-0.39, 0.29) is 11.8 Å². The van der Waals surface area contributed by atoms with Crippen molar-refractivity contribution in [1.29, 1.82) is 0 Å². The molecule has 1 saturated heterocycles. The van der Waals surface area contributed by atoms with E-state index in [9.17, 15) is 4.79 Å². The summed E-state index contributed by atoms with van der Waals surface area (Å²) in [6.45, 7) is 5.80. The Morgan fingerprint density at radius 3 is 2.42 bits per heavy atom. The number of para-hydroxylation sites is 2. The van der Waals surface area contributed by atoms with Gasteiger partial charge in [0.25, 0.3) is 0 Å². The minimum Gasteiger partial charge on any atom is -0.489 e. The molecule has 0 saturated carbocycles. The molecule has 6 rings (SSSR count). The number of fused-ring (bicyclic) bond motifs is 1. The molecular weight excluding hydrogens is 494 g/mol. The van der Waals surface area contributed by atoms with E-state index in [2.05, 4.69) is 89.7 Å². The van der Waals surface area contributed by atoms with Crippen LogP contribution in [0.15, 0.2) is 109 Å². The largest absolute Gasteiger partial charge is 0.489 e. The van der Waals surface area contributed by atoms with Gasteiger partial charge < -0.3 is 19.5 Å². The molecule has 1 atom stereocenters. The first-order valence-corrected chi connectivity index (χ1v) is 14.1. The van der Waals surface area contributed by atoms with Crippen LogP contribution in [0.5, 0.6) is 5.75 Å². The number of H-pyrrole nitrogens is 1. The lowest BCUT2D eigenvalue weighted by molar-refractivity contribution is -0.131. The van der Waals surface area contributed by atoms with Gasteiger partial charge in [-0.2, -0.15) is 0 Å². The lowest BCUT2D eigenvalue weighted by Gasteiger charge is -2.37. The summed E-state index contributed by atoms with van der Waals surface area (Å²) in [5.74, 6) is 0.916. The molecule has 5 nitrogen and oxygen atoms in total. The van der Waals surface area contributed by atoms with E-state index in [0.29, 0.717) is 13.0 Å². The number of aromatic nitrogens is 1. The first-order valence-electron chi connectivity index (χ1n) is 14.1. The Bertz CT molecular complexity index is 1580. The van der Waals surface area contributed by atoms with Crippen LogP contribution in [0.25, 0.3) is 10.9 Å². The molecule has 1 amide bonds. The highest BCUT2D eigenvalue weighted by molar-refractivity contribution is 5.86. The van der Waals surface area contributed by atoms with E-state index in [4.69, 9.17) is 4.74 Å². The SMILES string of the molecule is Cc1ccccc1N1CCN(C(=O)C[C@H](c2cccc(OCc3ccccc3)c2)c2c[nH]c3ccccc23)CC1. The molecule has 2 heterocycles. The van der Waals surface area contributed by atoms with Gasteiger partial charge in [0.1, 0.15) is 12.4 Å². The van der Waals surface area contributed by atoms with Crippen molar-refractivity contribution in [2.45, 2.75) is 25.9 Å². The van der Waals surface area contributed by atoms with Crippen LogP contribution in [0.3, 0.4) is 0 Å². The molecule has 5 heteroatoms. The Balaban J connectivity index is 1.22. The van der Waals surface area contributed by atoms with E-state index in [1.807, 2.05) is 41.3 Å². The second kappa shape index (κ2) is 11.7. The molecule has 0 aliphatic carbocycles. The summed E-state index contributed by atoms with van der Waals surface area (Å²) in [6.07, 6.45) is 2.48. The number of piperazine rings is 1. The molecule has 202 valence electrons. The molecule has 4 aromatic carbocycles. The van der Waals surface area contributed by atoms with E-state index < -0.39 is 0 Å². The first-order chi connectivity index (χ1) is 19.7. The molecule has 1 aliphatic heterocycles. The van der Waals surface area contributed by atoms with Crippen LogP contribution in [0.2, 0.25) is 0 Å². The topological polar surface area (TPSA) is 48.6 Å². The number of aromatic amines is 1. The molecule has 0 bridgehead atoms. The molecule has 40 heavy (non-hydrogen) atoms. The van der Waals surface area contributed by atoms with Gasteiger partial charge in [-0.1, -0.05) is 78.9 Å². The van der Waals surface area contributed by atoms with Gasteiger partial charge in [-0.15, -0.1) is 0 Å². The third-order valence-electron chi connectivity index (χ3n) is 7.97. The highest BCUT2D eigenvalue weighted by atomic mass is 16.5. The van der Waals surface area contributed by atoms with E-state index >= 15 is 0 Å². The van der Waals surface area contributed by atoms with Crippen molar-refractivity contribution in [3.05, 3.63) is 132 Å². The highest BCUT2D eigenvalue weighted by Gasteiger charge is 2.27. The zero-order chi connectivity index (χ0) is 27.3. The quantitative estimate of drug-likeness (QED) is 0.237. The van der Waals surface area contributed by atoms with E-state index in [1.54, 1.807) is 0 Å². The van der Waals surface area contributed by atoms with Crippen LogP contribution >= 0.6 is 0 Å². The Kier molecular flexibility index (Phi) is 7.53. The third-order valence-corrected chi connectivity index (χ3v) is 7.97. The number of benzene rings is 4. The zero-order valence-electron chi connectivity index (χ0n) is 22.9. The fourth-order valence-electron chi connectivity index (χ4n) is 5.77. The average Bonchev–Trinajstić information content (AvgIpc) is 3.44. The summed E-state index contributed by atoms with van der Waals surface area (Å²) in [6, 6.07) is 35.2. The van der Waals surface area contributed by atoms with Crippen molar-refractivity contribution >= 4 is 22.5 Å². The van der Waals surface area contributed by atoms with Crippen molar-refractivity contribution in [3.8, 4) is 5.75 Å². The number of ether oxygens (including phenoxy) is 1. The number of nitrogens with zero attached hydrogens (tertiary/aromatic N) is 2. The van der Waals surface area contributed by atoms with Crippen molar-refractivity contribution in [2.24, 2.45) is 0 Å². The molecular formula is C35H35N3O2. The lowest BCUT2D eigenvalue weighted by Crippen LogP contribution is -2.49. The molecule has 1 fully saturated rings.